The summed E-state index contributed by atoms with van der Waals surface area (Å²) in [6.45, 7) is 0.937. The van der Waals surface area contributed by atoms with Crippen LogP contribution in [-0.2, 0) is 10.0 Å². The van der Waals surface area contributed by atoms with Crippen LogP contribution >= 0.6 is 11.6 Å². The quantitative estimate of drug-likeness (QED) is 0.919. The van der Waals surface area contributed by atoms with Crippen LogP contribution in [0, 0.1) is 11.3 Å². The van der Waals surface area contributed by atoms with Crippen molar-refractivity contribution in [3.63, 3.8) is 0 Å². The summed E-state index contributed by atoms with van der Waals surface area (Å²) in [6.07, 6.45) is 1.78. The minimum absolute atomic E-state index is 0.0647. The number of nitrogens with zero attached hydrogens (tertiary/aromatic N) is 2. The van der Waals surface area contributed by atoms with Crippen LogP contribution < -0.4 is 5.32 Å². The monoisotopic (exact) mass is 313 g/mol. The van der Waals surface area contributed by atoms with Gasteiger partial charge in [0, 0.05) is 19.1 Å². The van der Waals surface area contributed by atoms with Crippen LogP contribution in [0.4, 0.5) is 0 Å². The van der Waals surface area contributed by atoms with Crippen LogP contribution in [0.15, 0.2) is 23.1 Å². The molecule has 1 fully saturated rings. The molecule has 5 nitrogen and oxygen atoms in total. The largest absolute Gasteiger partial charge is 0.316 e. The Kier molecular flexibility index (Phi) is 4.66. The second-order valence-electron chi connectivity index (χ2n) is 4.75. The summed E-state index contributed by atoms with van der Waals surface area (Å²) in [6, 6.07) is 6.36. The van der Waals surface area contributed by atoms with E-state index in [9.17, 15) is 8.42 Å². The molecule has 7 heteroatoms. The first-order chi connectivity index (χ1) is 9.48. The van der Waals surface area contributed by atoms with E-state index in [4.69, 9.17) is 16.9 Å². The summed E-state index contributed by atoms with van der Waals surface area (Å²) in [7, 11) is -1.78. The third kappa shape index (κ3) is 2.96. The number of likely N-dealkylation sites (N-methyl/N-ethyl adjacent to an activating group) is 1. The van der Waals surface area contributed by atoms with E-state index in [0.717, 1.165) is 12.8 Å². The Balaban J connectivity index is 2.33. The minimum Gasteiger partial charge on any atom is -0.316 e. The van der Waals surface area contributed by atoms with Gasteiger partial charge in [0.2, 0.25) is 10.0 Å². The van der Waals surface area contributed by atoms with Crippen LogP contribution in [0.5, 0.6) is 0 Å². The number of hydrogen-bond donors (Lipinski definition) is 1. The van der Waals surface area contributed by atoms with Gasteiger partial charge in [-0.3, -0.25) is 0 Å². The Morgan fingerprint density at radius 2 is 2.25 bits per heavy atom. The molecular formula is C13H16ClN3O2S. The Bertz CT molecular complexity index is 640. The van der Waals surface area contributed by atoms with Gasteiger partial charge in [0.1, 0.15) is 4.90 Å². The Hall–Kier alpha value is -1.13. The van der Waals surface area contributed by atoms with Crippen molar-refractivity contribution in [2.45, 2.75) is 23.8 Å². The molecule has 0 saturated carbocycles. The van der Waals surface area contributed by atoms with Gasteiger partial charge in [-0.15, -0.1) is 0 Å². The lowest BCUT2D eigenvalue weighted by Crippen LogP contribution is -2.46. The number of halogens is 1. The van der Waals surface area contributed by atoms with Gasteiger partial charge in [-0.25, -0.2) is 8.42 Å². The number of benzene rings is 1. The van der Waals surface area contributed by atoms with Crippen molar-refractivity contribution in [2.24, 2.45) is 0 Å². The van der Waals surface area contributed by atoms with Gasteiger partial charge in [-0.1, -0.05) is 11.6 Å². The van der Waals surface area contributed by atoms with Crippen LogP contribution in [0.1, 0.15) is 18.4 Å². The summed E-state index contributed by atoms with van der Waals surface area (Å²) < 4.78 is 26.6. The summed E-state index contributed by atoms with van der Waals surface area (Å²) in [5.41, 5.74) is 0.348. The van der Waals surface area contributed by atoms with Crippen molar-refractivity contribution in [2.75, 3.05) is 20.1 Å². The molecule has 0 radical (unpaired) electrons. The topological polar surface area (TPSA) is 73.2 Å². The van der Waals surface area contributed by atoms with Gasteiger partial charge >= 0.3 is 0 Å². The maximum absolute atomic E-state index is 12.6. The SMILES string of the molecule is CNC1CCCN(S(=O)(=O)c2ccc(C#N)cc2Cl)C1. The molecule has 1 atom stereocenters. The van der Waals surface area contributed by atoms with Crippen molar-refractivity contribution in [1.29, 1.82) is 5.26 Å². The molecule has 1 aromatic carbocycles. The highest BCUT2D eigenvalue weighted by atomic mass is 35.5. The minimum atomic E-state index is -3.61. The van der Waals surface area contributed by atoms with Gasteiger partial charge in [-0.05, 0) is 38.1 Å². The lowest BCUT2D eigenvalue weighted by Gasteiger charge is -2.31. The van der Waals surface area contributed by atoms with Crippen LogP contribution in [-0.4, -0.2) is 38.9 Å². The normalized spacial score (nSPS) is 20.6. The zero-order valence-corrected chi connectivity index (χ0v) is 12.7. The molecule has 1 aliphatic heterocycles. The van der Waals surface area contributed by atoms with E-state index in [1.54, 1.807) is 0 Å². The Labute approximate surface area is 124 Å². The van der Waals surface area contributed by atoms with E-state index in [-0.39, 0.29) is 16.0 Å². The molecule has 1 unspecified atom stereocenters. The highest BCUT2D eigenvalue weighted by molar-refractivity contribution is 7.89. The predicted molar refractivity (Wildman–Crippen MR) is 77.0 cm³/mol. The average molecular weight is 314 g/mol. The molecule has 1 aliphatic rings. The fourth-order valence-corrected chi connectivity index (χ4v) is 4.36. The van der Waals surface area contributed by atoms with Crippen LogP contribution in [0.25, 0.3) is 0 Å². The molecule has 1 saturated heterocycles. The number of nitriles is 1. The molecule has 2 rings (SSSR count). The summed E-state index contributed by atoms with van der Waals surface area (Å²) in [4.78, 5) is 0.0647. The van der Waals surface area contributed by atoms with E-state index in [2.05, 4.69) is 5.32 Å². The molecule has 1 N–H and O–H groups in total. The number of sulfonamides is 1. The van der Waals surface area contributed by atoms with Crippen molar-refractivity contribution in [3.05, 3.63) is 28.8 Å². The molecule has 0 bridgehead atoms. The Morgan fingerprint density at radius 1 is 1.50 bits per heavy atom. The van der Waals surface area contributed by atoms with Gasteiger partial charge in [-0.2, -0.15) is 9.57 Å². The molecule has 0 spiro atoms. The van der Waals surface area contributed by atoms with E-state index < -0.39 is 10.0 Å². The van der Waals surface area contributed by atoms with Crippen molar-refractivity contribution < 1.29 is 8.42 Å². The lowest BCUT2D eigenvalue weighted by atomic mass is 10.1. The predicted octanol–water partition coefficient (Wildman–Crippen LogP) is 1.58. The molecular weight excluding hydrogens is 298 g/mol. The first kappa shape index (κ1) is 15.3. The van der Waals surface area contributed by atoms with Crippen molar-refractivity contribution >= 4 is 21.6 Å². The third-order valence-electron chi connectivity index (χ3n) is 3.47. The molecule has 20 heavy (non-hydrogen) atoms. The fourth-order valence-electron chi connectivity index (χ4n) is 2.32. The molecule has 0 amide bonds. The second-order valence-corrected chi connectivity index (χ2v) is 7.06. The van der Waals surface area contributed by atoms with Gasteiger partial charge in [0.25, 0.3) is 0 Å². The molecule has 1 aromatic rings. The van der Waals surface area contributed by atoms with E-state index in [0.29, 0.717) is 18.7 Å². The molecule has 108 valence electrons. The van der Waals surface area contributed by atoms with Crippen LogP contribution in [0.3, 0.4) is 0 Å². The zero-order chi connectivity index (χ0) is 14.8. The van der Waals surface area contributed by atoms with Gasteiger partial charge < -0.3 is 5.32 Å². The first-order valence-corrected chi connectivity index (χ1v) is 8.18. The third-order valence-corrected chi connectivity index (χ3v) is 5.82. The Morgan fingerprint density at radius 3 is 2.85 bits per heavy atom. The van der Waals surface area contributed by atoms with Crippen molar-refractivity contribution in [1.82, 2.24) is 9.62 Å². The number of nitrogens with one attached hydrogen (secondary N) is 1. The average Bonchev–Trinajstić information content (AvgIpc) is 2.46. The number of hydrogen-bond acceptors (Lipinski definition) is 4. The first-order valence-electron chi connectivity index (χ1n) is 6.36. The smallest absolute Gasteiger partial charge is 0.244 e. The summed E-state index contributed by atoms with van der Waals surface area (Å²) >= 11 is 6.01. The summed E-state index contributed by atoms with van der Waals surface area (Å²) in [5, 5.41) is 12.0. The van der Waals surface area contributed by atoms with E-state index in [1.807, 2.05) is 13.1 Å². The van der Waals surface area contributed by atoms with Gasteiger partial charge in [0.05, 0.1) is 16.7 Å². The molecule has 0 aromatic heterocycles. The fraction of sp³-hybridized carbons (Fsp3) is 0.462. The maximum Gasteiger partial charge on any atom is 0.244 e. The molecule has 0 aliphatic carbocycles. The maximum atomic E-state index is 12.6. The number of rotatable bonds is 3. The van der Waals surface area contributed by atoms with Gasteiger partial charge in [0.15, 0.2) is 0 Å². The summed E-state index contributed by atoms with van der Waals surface area (Å²) in [5.74, 6) is 0. The highest BCUT2D eigenvalue weighted by Gasteiger charge is 2.31. The molecule has 1 heterocycles. The van der Waals surface area contributed by atoms with E-state index in [1.165, 1.54) is 22.5 Å². The second kappa shape index (κ2) is 6.10. The number of piperidine rings is 1. The van der Waals surface area contributed by atoms with Crippen molar-refractivity contribution in [3.8, 4) is 6.07 Å². The standard InChI is InChI=1S/C13H16ClN3O2S/c1-16-11-3-2-6-17(9-11)20(18,19)13-5-4-10(8-15)7-12(13)14/h4-5,7,11,16H,2-3,6,9H2,1H3. The lowest BCUT2D eigenvalue weighted by molar-refractivity contribution is 0.293. The highest BCUT2D eigenvalue weighted by Crippen LogP contribution is 2.27. The van der Waals surface area contributed by atoms with Crippen LogP contribution in [0.2, 0.25) is 5.02 Å². The van der Waals surface area contributed by atoms with E-state index >= 15 is 0 Å². The zero-order valence-electron chi connectivity index (χ0n) is 11.1.